The number of para-hydroxylation sites is 2. The van der Waals surface area contributed by atoms with Crippen molar-refractivity contribution in [3.8, 4) is 0 Å². The van der Waals surface area contributed by atoms with Gasteiger partial charge in [0.2, 0.25) is 0 Å². The van der Waals surface area contributed by atoms with Crippen molar-refractivity contribution in [1.29, 1.82) is 0 Å². The molecule has 0 bridgehead atoms. The summed E-state index contributed by atoms with van der Waals surface area (Å²) in [5, 5.41) is 2.58. The molecule has 0 N–H and O–H groups in total. The van der Waals surface area contributed by atoms with Gasteiger partial charge in [0.05, 0.1) is 5.52 Å². The van der Waals surface area contributed by atoms with Gasteiger partial charge in [0.25, 0.3) is 0 Å². The highest BCUT2D eigenvalue weighted by Gasteiger charge is 2.09. The second kappa shape index (κ2) is 4.53. The molecule has 0 aliphatic heterocycles. The van der Waals surface area contributed by atoms with Crippen molar-refractivity contribution in [2.24, 2.45) is 0 Å². The molecular formula is C19H14N. The van der Waals surface area contributed by atoms with Crippen LogP contribution in [0.4, 0.5) is 0 Å². The van der Waals surface area contributed by atoms with E-state index in [1.54, 1.807) is 0 Å². The summed E-state index contributed by atoms with van der Waals surface area (Å²) >= 11 is 0. The zero-order chi connectivity index (χ0) is 13.4. The van der Waals surface area contributed by atoms with Crippen molar-refractivity contribution >= 4 is 21.8 Å². The van der Waals surface area contributed by atoms with Crippen LogP contribution in [0.3, 0.4) is 0 Å². The molecule has 1 nitrogen and oxygen atoms in total. The molecule has 1 heterocycles. The summed E-state index contributed by atoms with van der Waals surface area (Å²) in [6, 6.07) is 28.8. The predicted molar refractivity (Wildman–Crippen MR) is 83.8 cm³/mol. The van der Waals surface area contributed by atoms with Crippen LogP contribution in [-0.4, -0.2) is 4.57 Å². The molecule has 0 saturated heterocycles. The summed E-state index contributed by atoms with van der Waals surface area (Å²) in [5.74, 6) is 0. The smallest absolute Gasteiger partial charge is 0.0574 e. The van der Waals surface area contributed by atoms with Crippen LogP contribution >= 0.6 is 0 Å². The normalized spacial score (nSPS) is 11.2. The van der Waals surface area contributed by atoms with E-state index < -0.39 is 0 Å². The van der Waals surface area contributed by atoms with Gasteiger partial charge in [-0.05, 0) is 11.6 Å². The Hall–Kier alpha value is -2.54. The van der Waals surface area contributed by atoms with Gasteiger partial charge < -0.3 is 4.57 Å². The lowest BCUT2D eigenvalue weighted by Gasteiger charge is -2.07. The molecule has 20 heavy (non-hydrogen) atoms. The number of benzene rings is 3. The summed E-state index contributed by atoms with van der Waals surface area (Å²) in [7, 11) is 0. The fourth-order valence-corrected chi connectivity index (χ4v) is 2.86. The third-order valence-electron chi connectivity index (χ3n) is 3.77. The number of hydrogen-bond acceptors (Lipinski definition) is 0. The van der Waals surface area contributed by atoms with Crippen molar-refractivity contribution in [3.63, 3.8) is 0 Å². The van der Waals surface area contributed by atoms with Crippen molar-refractivity contribution in [1.82, 2.24) is 4.57 Å². The Bertz CT molecular complexity index is 819. The Kier molecular flexibility index (Phi) is 2.56. The topological polar surface area (TPSA) is 4.93 Å². The lowest BCUT2D eigenvalue weighted by molar-refractivity contribution is 0.868. The largest absolute Gasteiger partial charge is 0.335 e. The first-order chi connectivity index (χ1) is 9.93. The van der Waals surface area contributed by atoms with Crippen LogP contribution < -0.4 is 0 Å². The standard InChI is InChI=1S/C19H14N/c1-2-8-15(9-3-1)14-20-18-12-6-4-10-16(18)17-11-5-7-13-19(17)20/h1-12H,14H2. The van der Waals surface area contributed by atoms with Gasteiger partial charge >= 0.3 is 0 Å². The van der Waals surface area contributed by atoms with Crippen LogP contribution in [0.1, 0.15) is 5.56 Å². The van der Waals surface area contributed by atoms with E-state index in [4.69, 9.17) is 0 Å². The van der Waals surface area contributed by atoms with E-state index >= 15 is 0 Å². The van der Waals surface area contributed by atoms with Gasteiger partial charge in [-0.2, -0.15) is 0 Å². The molecule has 4 aromatic rings. The zero-order valence-electron chi connectivity index (χ0n) is 11.1. The molecule has 1 radical (unpaired) electrons. The van der Waals surface area contributed by atoms with Crippen molar-refractivity contribution < 1.29 is 0 Å². The molecule has 0 aliphatic rings. The molecule has 0 unspecified atom stereocenters. The molecule has 1 heteroatoms. The van der Waals surface area contributed by atoms with Crippen LogP contribution in [0.25, 0.3) is 21.8 Å². The lowest BCUT2D eigenvalue weighted by atomic mass is 10.2. The van der Waals surface area contributed by atoms with E-state index in [0.717, 1.165) is 6.54 Å². The summed E-state index contributed by atoms with van der Waals surface area (Å²) < 4.78 is 2.35. The van der Waals surface area contributed by atoms with Crippen LogP contribution in [-0.2, 0) is 6.54 Å². The number of aromatic nitrogens is 1. The van der Waals surface area contributed by atoms with Gasteiger partial charge in [0, 0.05) is 28.9 Å². The fourth-order valence-electron chi connectivity index (χ4n) is 2.86. The summed E-state index contributed by atoms with van der Waals surface area (Å²) in [5.41, 5.74) is 3.76. The molecule has 3 aromatic carbocycles. The SMILES string of the molecule is [c]1cccc2c3ccccc3n(Cc3ccccc3)c12. The molecule has 0 spiro atoms. The number of rotatable bonds is 2. The molecule has 1 aromatic heterocycles. The second-order valence-electron chi connectivity index (χ2n) is 5.02. The van der Waals surface area contributed by atoms with E-state index in [2.05, 4.69) is 77.4 Å². The maximum absolute atomic E-state index is 3.39. The second-order valence-corrected chi connectivity index (χ2v) is 5.02. The Morgan fingerprint density at radius 3 is 2.40 bits per heavy atom. The highest BCUT2D eigenvalue weighted by molar-refractivity contribution is 6.07. The molecule has 4 rings (SSSR count). The minimum absolute atomic E-state index is 0.880. The third kappa shape index (κ3) is 1.71. The first kappa shape index (κ1) is 11.3. The molecule has 0 aliphatic carbocycles. The highest BCUT2D eigenvalue weighted by Crippen LogP contribution is 2.28. The average Bonchev–Trinajstić information content (AvgIpc) is 2.84. The monoisotopic (exact) mass is 256 g/mol. The van der Waals surface area contributed by atoms with Gasteiger partial charge in [0.1, 0.15) is 0 Å². The van der Waals surface area contributed by atoms with Gasteiger partial charge in [0.15, 0.2) is 0 Å². The van der Waals surface area contributed by atoms with Gasteiger partial charge in [-0.1, -0.05) is 66.7 Å². The third-order valence-corrected chi connectivity index (χ3v) is 3.77. The molecule has 0 saturated carbocycles. The maximum atomic E-state index is 3.39. The number of hydrogen-bond donors (Lipinski definition) is 0. The van der Waals surface area contributed by atoms with E-state index in [1.165, 1.54) is 27.4 Å². The number of fused-ring (bicyclic) bond motifs is 3. The van der Waals surface area contributed by atoms with Crippen molar-refractivity contribution in [3.05, 3.63) is 84.4 Å². The van der Waals surface area contributed by atoms with Gasteiger partial charge in [-0.3, -0.25) is 0 Å². The van der Waals surface area contributed by atoms with Gasteiger partial charge in [-0.25, -0.2) is 0 Å². The minimum atomic E-state index is 0.880. The van der Waals surface area contributed by atoms with Gasteiger partial charge in [-0.15, -0.1) is 0 Å². The molecule has 95 valence electrons. The van der Waals surface area contributed by atoms with Crippen LogP contribution in [0.5, 0.6) is 0 Å². The Morgan fingerprint density at radius 1 is 0.750 bits per heavy atom. The predicted octanol–water partition coefficient (Wildman–Crippen LogP) is 4.64. The maximum Gasteiger partial charge on any atom is 0.0574 e. The Balaban J connectivity index is 2.00. The quantitative estimate of drug-likeness (QED) is 0.492. The van der Waals surface area contributed by atoms with Crippen molar-refractivity contribution in [2.75, 3.05) is 0 Å². The first-order valence-corrected chi connectivity index (χ1v) is 6.85. The van der Waals surface area contributed by atoms with E-state index in [-0.39, 0.29) is 0 Å². The first-order valence-electron chi connectivity index (χ1n) is 6.85. The van der Waals surface area contributed by atoms with E-state index in [0.29, 0.717) is 0 Å². The lowest BCUT2D eigenvalue weighted by Crippen LogP contribution is -1.98. The minimum Gasteiger partial charge on any atom is -0.335 e. The summed E-state index contributed by atoms with van der Waals surface area (Å²) in [6.45, 7) is 0.880. The Labute approximate surface area is 118 Å². The van der Waals surface area contributed by atoms with E-state index in [9.17, 15) is 0 Å². The fraction of sp³-hybridized carbons (Fsp3) is 0.0526. The summed E-state index contributed by atoms with van der Waals surface area (Å²) in [6.07, 6.45) is 0. The Morgan fingerprint density at radius 2 is 1.50 bits per heavy atom. The molecule has 0 fully saturated rings. The van der Waals surface area contributed by atoms with Crippen LogP contribution in [0.2, 0.25) is 0 Å². The van der Waals surface area contributed by atoms with E-state index in [1.807, 2.05) is 6.07 Å². The molecule has 0 amide bonds. The van der Waals surface area contributed by atoms with Crippen LogP contribution in [0, 0.1) is 6.07 Å². The molecular weight excluding hydrogens is 242 g/mol. The zero-order valence-corrected chi connectivity index (χ0v) is 11.1. The summed E-state index contributed by atoms with van der Waals surface area (Å²) in [4.78, 5) is 0. The average molecular weight is 256 g/mol. The highest BCUT2D eigenvalue weighted by atomic mass is 15.0. The van der Waals surface area contributed by atoms with Crippen LogP contribution in [0.15, 0.2) is 72.8 Å². The molecule has 0 atom stereocenters. The van der Waals surface area contributed by atoms with Crippen molar-refractivity contribution in [2.45, 2.75) is 6.54 Å². The number of nitrogens with zero attached hydrogens (tertiary/aromatic N) is 1.